The maximum Gasteiger partial charge on any atom is 0.261 e. The Kier molecular flexibility index (Phi) is 6.44. The summed E-state index contributed by atoms with van der Waals surface area (Å²) < 4.78 is 7.84. The smallest absolute Gasteiger partial charge is 0.261 e. The minimum atomic E-state index is -0.100. The van der Waals surface area contributed by atoms with Crippen molar-refractivity contribution >= 4 is 40.7 Å². The highest BCUT2D eigenvalue weighted by Gasteiger charge is 2.30. The fourth-order valence-corrected chi connectivity index (χ4v) is 3.74. The normalized spacial score (nSPS) is 16.6. The maximum atomic E-state index is 12.9. The number of carbonyl (C=O) groups excluding carboxylic acids is 1. The van der Waals surface area contributed by atoms with E-state index in [-0.39, 0.29) is 31.0 Å². The van der Waals surface area contributed by atoms with Crippen LogP contribution in [0.4, 0.5) is 0 Å². The molecule has 1 atom stereocenters. The summed E-state index contributed by atoms with van der Waals surface area (Å²) in [5.74, 6) is 1.48. The first-order chi connectivity index (χ1) is 13.1. The van der Waals surface area contributed by atoms with Crippen LogP contribution in [0.5, 0.6) is 5.75 Å². The van der Waals surface area contributed by atoms with Crippen molar-refractivity contribution in [3.8, 4) is 5.75 Å². The van der Waals surface area contributed by atoms with Gasteiger partial charge in [-0.05, 0) is 12.1 Å². The lowest BCUT2D eigenvalue weighted by atomic mass is 10.1. The molecule has 148 valence electrons. The number of imidazole rings is 1. The number of fused-ring (bicyclic) bond motifs is 1. The molecule has 1 fully saturated rings. The Balaban J connectivity index is 0.00000225. The standard InChI is InChI=1S/C20H21ClN4O2.ClH/c1-24-10-9-23-20(24)17-12-22-8-11-25(17)19(26)13-27-18-7-6-16(21)14-4-2-3-5-15(14)18;/h2-7,9-10,17,22H,8,11-13H2,1H3;1H. The van der Waals surface area contributed by atoms with Crippen LogP contribution in [0, 0.1) is 0 Å². The summed E-state index contributed by atoms with van der Waals surface area (Å²) in [5, 5.41) is 5.82. The fourth-order valence-electron chi connectivity index (χ4n) is 3.51. The Morgan fingerprint density at radius 3 is 2.82 bits per heavy atom. The van der Waals surface area contributed by atoms with Gasteiger partial charge in [-0.15, -0.1) is 12.4 Å². The van der Waals surface area contributed by atoms with E-state index >= 15 is 0 Å². The van der Waals surface area contributed by atoms with Crippen molar-refractivity contribution < 1.29 is 9.53 Å². The number of carbonyl (C=O) groups is 1. The molecule has 0 spiro atoms. The van der Waals surface area contributed by atoms with Crippen LogP contribution in [0.1, 0.15) is 11.9 Å². The second-order valence-electron chi connectivity index (χ2n) is 6.58. The van der Waals surface area contributed by atoms with Gasteiger partial charge in [0, 0.05) is 54.9 Å². The summed E-state index contributed by atoms with van der Waals surface area (Å²) in [6.07, 6.45) is 3.64. The summed E-state index contributed by atoms with van der Waals surface area (Å²) in [7, 11) is 1.94. The Bertz CT molecular complexity index is 976. The second kappa shape index (κ2) is 8.82. The van der Waals surface area contributed by atoms with Crippen molar-refractivity contribution in [2.24, 2.45) is 7.05 Å². The Morgan fingerprint density at radius 1 is 1.29 bits per heavy atom. The predicted molar refractivity (Wildman–Crippen MR) is 112 cm³/mol. The van der Waals surface area contributed by atoms with E-state index in [1.54, 1.807) is 12.3 Å². The molecule has 3 aromatic rings. The number of hydrogen-bond acceptors (Lipinski definition) is 4. The number of aryl methyl sites for hydroxylation is 1. The zero-order valence-electron chi connectivity index (χ0n) is 15.5. The number of nitrogens with one attached hydrogen (secondary N) is 1. The molecule has 1 N–H and O–H groups in total. The van der Waals surface area contributed by atoms with Gasteiger partial charge in [-0.1, -0.05) is 35.9 Å². The lowest BCUT2D eigenvalue weighted by Crippen LogP contribution is -2.50. The first-order valence-electron chi connectivity index (χ1n) is 8.92. The maximum absolute atomic E-state index is 12.9. The van der Waals surface area contributed by atoms with E-state index in [4.69, 9.17) is 16.3 Å². The van der Waals surface area contributed by atoms with E-state index in [1.807, 2.05) is 53.0 Å². The number of halogens is 2. The molecule has 2 aromatic carbocycles. The minimum absolute atomic E-state index is 0. The van der Waals surface area contributed by atoms with Gasteiger partial charge < -0.3 is 19.5 Å². The number of ether oxygens (including phenoxy) is 1. The molecule has 0 radical (unpaired) electrons. The molecule has 2 heterocycles. The molecule has 8 heteroatoms. The van der Waals surface area contributed by atoms with E-state index in [0.717, 1.165) is 23.1 Å². The molecule has 0 aliphatic carbocycles. The van der Waals surface area contributed by atoms with Crippen molar-refractivity contribution in [3.63, 3.8) is 0 Å². The molecule has 1 aromatic heterocycles. The van der Waals surface area contributed by atoms with Crippen LogP contribution in [-0.4, -0.2) is 46.6 Å². The molecule has 0 saturated carbocycles. The van der Waals surface area contributed by atoms with E-state index in [2.05, 4.69) is 10.3 Å². The van der Waals surface area contributed by atoms with Crippen molar-refractivity contribution in [3.05, 3.63) is 59.6 Å². The molecule has 1 unspecified atom stereocenters. The summed E-state index contributed by atoms with van der Waals surface area (Å²) >= 11 is 6.26. The third-order valence-corrected chi connectivity index (χ3v) is 5.23. The molecule has 1 aliphatic rings. The van der Waals surface area contributed by atoms with E-state index in [1.165, 1.54) is 0 Å². The number of nitrogens with zero attached hydrogens (tertiary/aromatic N) is 3. The number of rotatable bonds is 4. The average Bonchev–Trinajstić information content (AvgIpc) is 3.13. The molecule has 1 aliphatic heterocycles. The first kappa shape index (κ1) is 20.5. The average molecular weight is 421 g/mol. The van der Waals surface area contributed by atoms with Gasteiger partial charge in [0.15, 0.2) is 6.61 Å². The lowest BCUT2D eigenvalue weighted by molar-refractivity contribution is -0.137. The van der Waals surface area contributed by atoms with Crippen LogP contribution in [0.3, 0.4) is 0 Å². The fraction of sp³-hybridized carbons (Fsp3) is 0.300. The second-order valence-corrected chi connectivity index (χ2v) is 6.99. The molecule has 4 rings (SSSR count). The lowest BCUT2D eigenvalue weighted by Gasteiger charge is -2.35. The highest BCUT2D eigenvalue weighted by Crippen LogP contribution is 2.31. The van der Waals surface area contributed by atoms with Gasteiger partial charge in [-0.25, -0.2) is 4.98 Å². The Hall–Kier alpha value is -2.28. The van der Waals surface area contributed by atoms with Gasteiger partial charge in [-0.2, -0.15) is 0 Å². The summed E-state index contributed by atoms with van der Waals surface area (Å²) in [5.41, 5.74) is 0. The molecular weight excluding hydrogens is 399 g/mol. The minimum Gasteiger partial charge on any atom is -0.483 e. The van der Waals surface area contributed by atoms with E-state index in [0.29, 0.717) is 23.9 Å². The van der Waals surface area contributed by atoms with Crippen LogP contribution in [0.25, 0.3) is 10.8 Å². The van der Waals surface area contributed by atoms with Gasteiger partial charge in [-0.3, -0.25) is 4.79 Å². The van der Waals surface area contributed by atoms with Crippen LogP contribution >= 0.6 is 24.0 Å². The zero-order valence-corrected chi connectivity index (χ0v) is 17.0. The van der Waals surface area contributed by atoms with Crippen molar-refractivity contribution in [1.29, 1.82) is 0 Å². The van der Waals surface area contributed by atoms with Crippen molar-refractivity contribution in [2.75, 3.05) is 26.2 Å². The molecule has 28 heavy (non-hydrogen) atoms. The van der Waals surface area contributed by atoms with Gasteiger partial charge in [0.2, 0.25) is 0 Å². The van der Waals surface area contributed by atoms with Crippen LogP contribution < -0.4 is 10.1 Å². The van der Waals surface area contributed by atoms with Crippen LogP contribution in [0.2, 0.25) is 5.02 Å². The molecule has 1 saturated heterocycles. The third kappa shape index (κ3) is 3.94. The summed E-state index contributed by atoms with van der Waals surface area (Å²) in [6.45, 7) is 2.05. The Labute approximate surface area is 174 Å². The number of amides is 1. The zero-order chi connectivity index (χ0) is 18.8. The topological polar surface area (TPSA) is 59.4 Å². The molecular formula is C20H22Cl2N4O2. The van der Waals surface area contributed by atoms with Gasteiger partial charge in [0.05, 0.1) is 0 Å². The Morgan fingerprint density at radius 2 is 2.07 bits per heavy atom. The largest absolute Gasteiger partial charge is 0.483 e. The third-order valence-electron chi connectivity index (χ3n) is 4.90. The SMILES string of the molecule is Cl.Cn1ccnc1C1CNCCN1C(=O)COc1ccc(Cl)c2ccccc12. The van der Waals surface area contributed by atoms with Crippen molar-refractivity contribution in [2.45, 2.75) is 6.04 Å². The molecule has 0 bridgehead atoms. The summed E-state index contributed by atoms with van der Waals surface area (Å²) in [4.78, 5) is 19.2. The van der Waals surface area contributed by atoms with E-state index in [9.17, 15) is 4.79 Å². The molecule has 6 nitrogen and oxygen atoms in total. The highest BCUT2D eigenvalue weighted by molar-refractivity contribution is 6.35. The van der Waals surface area contributed by atoms with Crippen LogP contribution in [0.15, 0.2) is 48.8 Å². The number of hydrogen-bond donors (Lipinski definition) is 1. The van der Waals surface area contributed by atoms with Gasteiger partial charge in [0.25, 0.3) is 5.91 Å². The quantitative estimate of drug-likeness (QED) is 0.703. The first-order valence-corrected chi connectivity index (χ1v) is 9.30. The number of aromatic nitrogens is 2. The van der Waals surface area contributed by atoms with Crippen molar-refractivity contribution in [1.82, 2.24) is 19.8 Å². The monoisotopic (exact) mass is 420 g/mol. The van der Waals surface area contributed by atoms with Gasteiger partial charge in [0.1, 0.15) is 17.6 Å². The van der Waals surface area contributed by atoms with Crippen LogP contribution in [-0.2, 0) is 11.8 Å². The van der Waals surface area contributed by atoms with E-state index < -0.39 is 0 Å². The van der Waals surface area contributed by atoms with Gasteiger partial charge >= 0.3 is 0 Å². The molecule has 1 amide bonds. The summed E-state index contributed by atoms with van der Waals surface area (Å²) in [6, 6.07) is 11.3. The number of benzene rings is 2. The predicted octanol–water partition coefficient (Wildman–Crippen LogP) is 3.20. The number of piperazine rings is 1. The highest BCUT2D eigenvalue weighted by atomic mass is 35.5.